The molecule has 1 aromatic rings. The van der Waals surface area contributed by atoms with Gasteiger partial charge in [-0.25, -0.2) is 0 Å². The SMILES string of the molecule is Cc1ccc(OC2C[C@H]3CCC[C@@H](C2)N3)cc1Cl. The molecule has 0 amide bonds. The molecule has 0 spiro atoms. The minimum absolute atomic E-state index is 0.348. The number of rotatable bonds is 2. The Hall–Kier alpha value is -0.730. The lowest BCUT2D eigenvalue weighted by molar-refractivity contribution is 0.0927. The molecule has 1 unspecified atom stereocenters. The van der Waals surface area contributed by atoms with Crippen LogP contribution in [0.3, 0.4) is 0 Å². The van der Waals surface area contributed by atoms with Crippen LogP contribution < -0.4 is 10.1 Å². The summed E-state index contributed by atoms with van der Waals surface area (Å²) in [4.78, 5) is 0. The maximum Gasteiger partial charge on any atom is 0.121 e. The van der Waals surface area contributed by atoms with Gasteiger partial charge in [-0.3, -0.25) is 0 Å². The first-order valence-corrected chi connectivity index (χ1v) is 7.27. The van der Waals surface area contributed by atoms with E-state index in [1.807, 2.05) is 25.1 Å². The average Bonchev–Trinajstić information content (AvgIpc) is 2.33. The van der Waals surface area contributed by atoms with Crippen LogP contribution in [0, 0.1) is 6.92 Å². The second-order valence-corrected chi connectivity index (χ2v) is 6.02. The maximum absolute atomic E-state index is 6.13. The Kier molecular flexibility index (Phi) is 3.49. The Morgan fingerprint density at radius 3 is 2.61 bits per heavy atom. The van der Waals surface area contributed by atoms with Crippen molar-refractivity contribution in [1.29, 1.82) is 0 Å². The van der Waals surface area contributed by atoms with Crippen LogP contribution in [0.5, 0.6) is 5.75 Å². The van der Waals surface area contributed by atoms with Crippen LogP contribution >= 0.6 is 11.6 Å². The normalized spacial score (nSPS) is 31.1. The Bertz CT molecular complexity index is 423. The molecule has 2 heterocycles. The van der Waals surface area contributed by atoms with Gasteiger partial charge in [0, 0.05) is 17.1 Å². The lowest BCUT2D eigenvalue weighted by atomic mass is 9.85. The third-order valence-electron chi connectivity index (χ3n) is 4.12. The third-order valence-corrected chi connectivity index (χ3v) is 4.52. The Labute approximate surface area is 114 Å². The number of aryl methyl sites for hydroxylation is 1. The predicted molar refractivity (Wildman–Crippen MR) is 74.4 cm³/mol. The van der Waals surface area contributed by atoms with Crippen molar-refractivity contribution in [2.24, 2.45) is 0 Å². The standard InChI is InChI=1S/C15H20ClNO/c1-10-5-6-13(9-15(10)16)18-14-7-11-3-2-4-12(8-14)17-11/h5-6,9,11-12,14,17H,2-4,7-8H2,1H3/t11-,12+,14?. The summed E-state index contributed by atoms with van der Waals surface area (Å²) in [6.45, 7) is 2.01. The van der Waals surface area contributed by atoms with Gasteiger partial charge in [-0.2, -0.15) is 0 Å². The number of fused-ring (bicyclic) bond motifs is 2. The molecule has 2 nitrogen and oxygen atoms in total. The zero-order valence-electron chi connectivity index (χ0n) is 10.8. The van der Waals surface area contributed by atoms with Crippen molar-refractivity contribution in [3.8, 4) is 5.75 Å². The second kappa shape index (κ2) is 5.10. The van der Waals surface area contributed by atoms with Gasteiger partial charge in [0.05, 0.1) is 0 Å². The van der Waals surface area contributed by atoms with E-state index in [1.165, 1.54) is 19.3 Å². The van der Waals surface area contributed by atoms with Crippen molar-refractivity contribution in [1.82, 2.24) is 5.32 Å². The molecule has 2 fully saturated rings. The number of piperidine rings is 2. The summed E-state index contributed by atoms with van der Waals surface area (Å²) in [5.41, 5.74) is 1.10. The summed E-state index contributed by atoms with van der Waals surface area (Å²) in [5.74, 6) is 0.913. The van der Waals surface area contributed by atoms with Gasteiger partial charge in [0.1, 0.15) is 11.9 Å². The number of hydrogen-bond donors (Lipinski definition) is 1. The van der Waals surface area contributed by atoms with Crippen molar-refractivity contribution in [3.05, 3.63) is 28.8 Å². The molecule has 18 heavy (non-hydrogen) atoms. The van der Waals surface area contributed by atoms with E-state index >= 15 is 0 Å². The van der Waals surface area contributed by atoms with Crippen LogP contribution in [0.4, 0.5) is 0 Å². The zero-order chi connectivity index (χ0) is 12.5. The smallest absolute Gasteiger partial charge is 0.121 e. The molecule has 2 saturated heterocycles. The van der Waals surface area contributed by atoms with E-state index in [4.69, 9.17) is 16.3 Å². The molecule has 1 N–H and O–H groups in total. The first-order valence-electron chi connectivity index (χ1n) is 6.89. The van der Waals surface area contributed by atoms with E-state index in [1.54, 1.807) is 0 Å². The lowest BCUT2D eigenvalue weighted by Gasteiger charge is -2.40. The van der Waals surface area contributed by atoms with Crippen LogP contribution in [0.2, 0.25) is 5.02 Å². The molecule has 0 aromatic heterocycles. The largest absolute Gasteiger partial charge is 0.490 e. The lowest BCUT2D eigenvalue weighted by Crippen LogP contribution is -2.51. The van der Waals surface area contributed by atoms with E-state index < -0.39 is 0 Å². The summed E-state index contributed by atoms with van der Waals surface area (Å²) in [6, 6.07) is 7.31. The predicted octanol–water partition coefficient (Wildman–Crippen LogP) is 3.70. The van der Waals surface area contributed by atoms with Gasteiger partial charge in [-0.05, 0) is 50.3 Å². The highest BCUT2D eigenvalue weighted by molar-refractivity contribution is 6.31. The van der Waals surface area contributed by atoms with Crippen LogP contribution in [-0.2, 0) is 0 Å². The van der Waals surface area contributed by atoms with E-state index in [-0.39, 0.29) is 0 Å². The molecule has 0 saturated carbocycles. The number of halogens is 1. The Morgan fingerprint density at radius 1 is 1.22 bits per heavy atom. The molecular weight excluding hydrogens is 246 g/mol. The Morgan fingerprint density at radius 2 is 1.94 bits per heavy atom. The topological polar surface area (TPSA) is 21.3 Å². The maximum atomic E-state index is 6.13. The summed E-state index contributed by atoms with van der Waals surface area (Å²) >= 11 is 6.13. The van der Waals surface area contributed by atoms with E-state index in [0.29, 0.717) is 18.2 Å². The fourth-order valence-corrected chi connectivity index (χ4v) is 3.32. The minimum Gasteiger partial charge on any atom is -0.490 e. The zero-order valence-corrected chi connectivity index (χ0v) is 11.5. The summed E-state index contributed by atoms with van der Waals surface area (Å²) in [6.07, 6.45) is 6.56. The first-order chi connectivity index (χ1) is 8.70. The third kappa shape index (κ3) is 2.65. The van der Waals surface area contributed by atoms with Crippen LogP contribution in [-0.4, -0.2) is 18.2 Å². The second-order valence-electron chi connectivity index (χ2n) is 5.61. The van der Waals surface area contributed by atoms with Gasteiger partial charge in [-0.15, -0.1) is 0 Å². The fraction of sp³-hybridized carbons (Fsp3) is 0.600. The number of benzene rings is 1. The van der Waals surface area contributed by atoms with Gasteiger partial charge in [0.2, 0.25) is 0 Å². The highest BCUT2D eigenvalue weighted by atomic mass is 35.5. The minimum atomic E-state index is 0.348. The molecule has 98 valence electrons. The molecule has 0 aliphatic carbocycles. The fourth-order valence-electron chi connectivity index (χ4n) is 3.15. The average molecular weight is 266 g/mol. The molecule has 3 atom stereocenters. The number of nitrogens with one attached hydrogen (secondary N) is 1. The monoisotopic (exact) mass is 265 g/mol. The van der Waals surface area contributed by atoms with E-state index in [0.717, 1.165) is 29.2 Å². The first kappa shape index (κ1) is 12.3. The highest BCUT2D eigenvalue weighted by Gasteiger charge is 2.32. The highest BCUT2D eigenvalue weighted by Crippen LogP contribution is 2.30. The Balaban J connectivity index is 1.67. The molecule has 0 radical (unpaired) electrons. The van der Waals surface area contributed by atoms with Crippen molar-refractivity contribution >= 4 is 11.6 Å². The molecule has 2 aliphatic rings. The summed E-state index contributed by atoms with van der Waals surface area (Å²) in [7, 11) is 0. The molecular formula is C15H20ClNO. The summed E-state index contributed by atoms with van der Waals surface area (Å²) < 4.78 is 6.10. The van der Waals surface area contributed by atoms with Gasteiger partial charge >= 0.3 is 0 Å². The molecule has 3 rings (SSSR count). The van der Waals surface area contributed by atoms with Crippen molar-refractivity contribution in [3.63, 3.8) is 0 Å². The molecule has 2 bridgehead atoms. The summed E-state index contributed by atoms with van der Waals surface area (Å²) in [5, 5.41) is 4.48. The molecule has 2 aliphatic heterocycles. The number of ether oxygens (including phenoxy) is 1. The van der Waals surface area contributed by atoms with Crippen LogP contribution in [0.1, 0.15) is 37.7 Å². The van der Waals surface area contributed by atoms with Crippen molar-refractivity contribution in [2.45, 2.75) is 57.2 Å². The van der Waals surface area contributed by atoms with E-state index in [9.17, 15) is 0 Å². The number of hydrogen-bond acceptors (Lipinski definition) is 2. The van der Waals surface area contributed by atoms with Gasteiger partial charge < -0.3 is 10.1 Å². The van der Waals surface area contributed by atoms with Gasteiger partial charge in [-0.1, -0.05) is 24.1 Å². The molecule has 3 heteroatoms. The van der Waals surface area contributed by atoms with Gasteiger partial charge in [0.15, 0.2) is 0 Å². The van der Waals surface area contributed by atoms with E-state index in [2.05, 4.69) is 5.32 Å². The van der Waals surface area contributed by atoms with Crippen molar-refractivity contribution < 1.29 is 4.74 Å². The van der Waals surface area contributed by atoms with Crippen molar-refractivity contribution in [2.75, 3.05) is 0 Å². The van der Waals surface area contributed by atoms with Crippen LogP contribution in [0.25, 0.3) is 0 Å². The van der Waals surface area contributed by atoms with Crippen LogP contribution in [0.15, 0.2) is 18.2 Å². The molecule has 1 aromatic carbocycles. The quantitative estimate of drug-likeness (QED) is 0.880. The van der Waals surface area contributed by atoms with Gasteiger partial charge in [0.25, 0.3) is 0 Å².